The van der Waals surface area contributed by atoms with E-state index >= 15 is 0 Å². The van der Waals surface area contributed by atoms with E-state index < -0.39 is 0 Å². The summed E-state index contributed by atoms with van der Waals surface area (Å²) in [5.74, 6) is 0.281. The maximum Gasteiger partial charge on any atom is 0.248 e. The van der Waals surface area contributed by atoms with Crippen LogP contribution in [0.2, 0.25) is 0 Å². The molecule has 2 aromatic heterocycles. The van der Waals surface area contributed by atoms with Crippen LogP contribution in [0.3, 0.4) is 0 Å². The quantitative estimate of drug-likeness (QED) is 0.440. The summed E-state index contributed by atoms with van der Waals surface area (Å²) < 4.78 is 1.19. The van der Waals surface area contributed by atoms with Gasteiger partial charge in [0.25, 0.3) is 0 Å². The Hall–Kier alpha value is -3.91. The van der Waals surface area contributed by atoms with E-state index in [-0.39, 0.29) is 12.5 Å². The second-order valence-electron chi connectivity index (χ2n) is 7.01. The largest absolute Gasteiger partial charge is 0.324 e. The number of benzene rings is 3. The molecule has 0 bridgehead atoms. The van der Waals surface area contributed by atoms with Crippen molar-refractivity contribution in [3.05, 3.63) is 89.4 Å². The molecule has 8 heteroatoms. The van der Waals surface area contributed by atoms with Crippen molar-refractivity contribution in [3.63, 3.8) is 0 Å². The topological polar surface area (TPSA) is 85.6 Å². The van der Waals surface area contributed by atoms with E-state index in [9.17, 15) is 4.79 Å². The van der Waals surface area contributed by atoms with E-state index in [0.717, 1.165) is 33.8 Å². The summed E-state index contributed by atoms with van der Waals surface area (Å²) in [4.78, 5) is 18.3. The molecule has 0 spiro atoms. The number of thiazole rings is 1. The van der Waals surface area contributed by atoms with Gasteiger partial charge in [-0.25, -0.2) is 4.98 Å². The normalized spacial score (nSPS) is 11.0. The highest BCUT2D eigenvalue weighted by Crippen LogP contribution is 2.24. The molecule has 0 aliphatic heterocycles. The van der Waals surface area contributed by atoms with Crippen molar-refractivity contribution in [2.45, 2.75) is 13.0 Å². The molecule has 0 fully saturated rings. The molecule has 0 aliphatic carbocycles. The minimum absolute atomic E-state index is 0.00666. The zero-order chi connectivity index (χ0) is 21.0. The Morgan fingerprint density at radius 3 is 2.52 bits per heavy atom. The summed E-state index contributed by atoms with van der Waals surface area (Å²) in [6, 6.07) is 25.5. The maximum atomic E-state index is 12.4. The SMILES string of the molecule is O=C(Cn1nnc(-c2ccccc2)n1)Nc1ccc(Cc2nc3ccccc3s2)cc1. The number of nitrogens with zero attached hydrogens (tertiary/aromatic N) is 5. The van der Waals surface area contributed by atoms with Gasteiger partial charge in [0.15, 0.2) is 0 Å². The molecule has 1 N–H and O–H groups in total. The number of anilines is 1. The molecule has 1 amide bonds. The number of hydrogen-bond donors (Lipinski definition) is 1. The summed E-state index contributed by atoms with van der Waals surface area (Å²) in [6.45, 7) is -0.00666. The van der Waals surface area contributed by atoms with Gasteiger partial charge in [-0.05, 0) is 35.0 Å². The fourth-order valence-electron chi connectivity index (χ4n) is 3.22. The average molecular weight is 427 g/mol. The van der Waals surface area contributed by atoms with Crippen molar-refractivity contribution in [2.24, 2.45) is 0 Å². The second kappa shape index (κ2) is 8.45. The molecule has 0 unspecified atom stereocenters. The van der Waals surface area contributed by atoms with Gasteiger partial charge in [-0.15, -0.1) is 21.5 Å². The summed E-state index contributed by atoms with van der Waals surface area (Å²) >= 11 is 1.71. The van der Waals surface area contributed by atoms with Crippen LogP contribution in [0.5, 0.6) is 0 Å². The number of hydrogen-bond acceptors (Lipinski definition) is 6. The summed E-state index contributed by atoms with van der Waals surface area (Å²) in [5.41, 5.74) is 3.75. The van der Waals surface area contributed by atoms with Crippen LogP contribution in [0.1, 0.15) is 10.6 Å². The lowest BCUT2D eigenvalue weighted by molar-refractivity contribution is -0.117. The third-order valence-electron chi connectivity index (χ3n) is 4.70. The highest BCUT2D eigenvalue weighted by molar-refractivity contribution is 7.18. The van der Waals surface area contributed by atoms with Crippen LogP contribution >= 0.6 is 11.3 Å². The van der Waals surface area contributed by atoms with Gasteiger partial charge in [0, 0.05) is 17.7 Å². The van der Waals surface area contributed by atoms with Gasteiger partial charge in [0.1, 0.15) is 6.54 Å². The molecule has 5 aromatic rings. The summed E-state index contributed by atoms with van der Waals surface area (Å²) in [5, 5.41) is 16.2. The third kappa shape index (κ3) is 4.49. The maximum absolute atomic E-state index is 12.4. The van der Waals surface area contributed by atoms with Crippen LogP contribution in [0.25, 0.3) is 21.6 Å². The molecule has 152 valence electrons. The second-order valence-corrected chi connectivity index (χ2v) is 8.12. The first-order chi connectivity index (χ1) is 15.2. The highest BCUT2D eigenvalue weighted by atomic mass is 32.1. The Kier molecular flexibility index (Phi) is 5.20. The molecule has 5 rings (SSSR count). The van der Waals surface area contributed by atoms with Gasteiger partial charge in [-0.3, -0.25) is 4.79 Å². The number of rotatable bonds is 6. The lowest BCUT2D eigenvalue weighted by Gasteiger charge is -2.05. The lowest BCUT2D eigenvalue weighted by Crippen LogP contribution is -2.20. The van der Waals surface area contributed by atoms with E-state index in [1.807, 2.05) is 72.8 Å². The Morgan fingerprint density at radius 2 is 1.71 bits per heavy atom. The van der Waals surface area contributed by atoms with Crippen molar-refractivity contribution in [2.75, 3.05) is 5.32 Å². The molecular weight excluding hydrogens is 408 g/mol. The molecule has 0 aliphatic rings. The van der Waals surface area contributed by atoms with Crippen LogP contribution in [-0.4, -0.2) is 31.1 Å². The van der Waals surface area contributed by atoms with Crippen molar-refractivity contribution < 1.29 is 4.79 Å². The Balaban J connectivity index is 1.19. The first-order valence-electron chi connectivity index (χ1n) is 9.79. The van der Waals surface area contributed by atoms with Gasteiger partial charge in [0.2, 0.25) is 11.7 Å². The van der Waals surface area contributed by atoms with Gasteiger partial charge in [0.05, 0.1) is 15.2 Å². The number of carbonyl (C=O) groups is 1. The fraction of sp³-hybridized carbons (Fsp3) is 0.0870. The van der Waals surface area contributed by atoms with Crippen molar-refractivity contribution in [1.29, 1.82) is 0 Å². The van der Waals surface area contributed by atoms with E-state index in [1.54, 1.807) is 11.3 Å². The molecular formula is C23H18N6OS. The molecule has 2 heterocycles. The standard InChI is InChI=1S/C23H18N6OS/c30-21(15-29-27-23(26-28-29)17-6-2-1-3-7-17)24-18-12-10-16(11-13-18)14-22-25-19-8-4-5-9-20(19)31-22/h1-13H,14-15H2,(H,24,30). The van der Waals surface area contributed by atoms with Crippen LogP contribution in [0, 0.1) is 0 Å². The van der Waals surface area contributed by atoms with Crippen molar-refractivity contribution in [1.82, 2.24) is 25.2 Å². The highest BCUT2D eigenvalue weighted by Gasteiger charge is 2.10. The summed E-state index contributed by atoms with van der Waals surface area (Å²) in [7, 11) is 0. The fourth-order valence-corrected chi connectivity index (χ4v) is 4.22. The van der Waals surface area contributed by atoms with Crippen molar-refractivity contribution >= 4 is 33.1 Å². The minimum Gasteiger partial charge on any atom is -0.324 e. The lowest BCUT2D eigenvalue weighted by atomic mass is 10.1. The van der Waals surface area contributed by atoms with Crippen LogP contribution < -0.4 is 5.32 Å². The van der Waals surface area contributed by atoms with Crippen molar-refractivity contribution in [3.8, 4) is 11.4 Å². The number of aromatic nitrogens is 5. The number of para-hydroxylation sites is 1. The number of nitrogens with one attached hydrogen (secondary N) is 1. The van der Waals surface area contributed by atoms with E-state index in [0.29, 0.717) is 5.82 Å². The van der Waals surface area contributed by atoms with Crippen LogP contribution in [0.4, 0.5) is 5.69 Å². The number of fused-ring (bicyclic) bond motifs is 1. The van der Waals surface area contributed by atoms with Gasteiger partial charge >= 0.3 is 0 Å². The predicted molar refractivity (Wildman–Crippen MR) is 121 cm³/mol. The third-order valence-corrected chi connectivity index (χ3v) is 5.74. The first-order valence-corrected chi connectivity index (χ1v) is 10.6. The van der Waals surface area contributed by atoms with E-state index in [1.165, 1.54) is 9.50 Å². The molecule has 31 heavy (non-hydrogen) atoms. The van der Waals surface area contributed by atoms with Crippen LogP contribution in [-0.2, 0) is 17.8 Å². The molecule has 0 radical (unpaired) electrons. The number of tetrazole rings is 1. The molecule has 0 saturated heterocycles. The predicted octanol–water partition coefficient (Wildman–Crippen LogP) is 4.18. The Bertz CT molecular complexity index is 1290. The Labute approximate surface area is 182 Å². The molecule has 0 saturated carbocycles. The molecule has 7 nitrogen and oxygen atoms in total. The Morgan fingerprint density at radius 1 is 0.935 bits per heavy atom. The zero-order valence-electron chi connectivity index (χ0n) is 16.5. The monoisotopic (exact) mass is 426 g/mol. The summed E-state index contributed by atoms with van der Waals surface area (Å²) in [6.07, 6.45) is 0.763. The minimum atomic E-state index is -0.212. The number of amides is 1. The van der Waals surface area contributed by atoms with Gasteiger partial charge in [-0.2, -0.15) is 4.80 Å². The average Bonchev–Trinajstić information content (AvgIpc) is 3.42. The van der Waals surface area contributed by atoms with E-state index in [4.69, 9.17) is 0 Å². The first kappa shape index (κ1) is 19.1. The van der Waals surface area contributed by atoms with Crippen LogP contribution in [0.15, 0.2) is 78.9 Å². The smallest absolute Gasteiger partial charge is 0.248 e. The molecule has 3 aromatic carbocycles. The number of carbonyl (C=O) groups excluding carboxylic acids is 1. The van der Waals surface area contributed by atoms with Gasteiger partial charge < -0.3 is 5.32 Å². The molecule has 0 atom stereocenters. The van der Waals surface area contributed by atoms with E-state index in [2.05, 4.69) is 31.8 Å². The zero-order valence-corrected chi connectivity index (χ0v) is 17.3. The van der Waals surface area contributed by atoms with Gasteiger partial charge in [-0.1, -0.05) is 54.6 Å².